The Balaban J connectivity index is 1.51. The van der Waals surface area contributed by atoms with Gasteiger partial charge in [0.1, 0.15) is 5.82 Å². The maximum absolute atomic E-state index is 12.8. The summed E-state index contributed by atoms with van der Waals surface area (Å²) < 4.78 is 2.16. The van der Waals surface area contributed by atoms with Crippen molar-refractivity contribution >= 4 is 17.4 Å². The Kier molecular flexibility index (Phi) is 4.47. The van der Waals surface area contributed by atoms with E-state index in [9.17, 15) is 4.79 Å². The average Bonchev–Trinajstić information content (AvgIpc) is 3.43. The van der Waals surface area contributed by atoms with E-state index in [1.54, 1.807) is 6.20 Å². The highest BCUT2D eigenvalue weighted by molar-refractivity contribution is 6.05. The Bertz CT molecular complexity index is 829. The summed E-state index contributed by atoms with van der Waals surface area (Å²) in [5.74, 6) is 1.64. The van der Waals surface area contributed by atoms with Crippen molar-refractivity contribution in [1.29, 1.82) is 0 Å². The van der Waals surface area contributed by atoms with Crippen LogP contribution >= 0.6 is 0 Å². The minimum atomic E-state index is -0.0445. The fraction of sp³-hybridized carbons (Fsp3) is 0.524. The molecule has 2 fully saturated rings. The molecule has 1 N–H and O–H groups in total. The molecule has 1 amide bonds. The fourth-order valence-electron chi connectivity index (χ4n) is 4.00. The van der Waals surface area contributed by atoms with Crippen LogP contribution in [-0.4, -0.2) is 28.5 Å². The molecule has 0 atom stereocenters. The lowest BCUT2D eigenvalue weighted by molar-refractivity contribution is 0.102. The van der Waals surface area contributed by atoms with E-state index in [0.717, 1.165) is 41.4 Å². The number of aryl methyl sites for hydroxylation is 1. The predicted octanol–water partition coefficient (Wildman–Crippen LogP) is 4.16. The lowest BCUT2D eigenvalue weighted by atomic mass is 10.1. The van der Waals surface area contributed by atoms with Crippen molar-refractivity contribution in [3.8, 4) is 0 Å². The van der Waals surface area contributed by atoms with E-state index in [1.165, 1.54) is 37.8 Å². The zero-order valence-corrected chi connectivity index (χ0v) is 16.0. The maximum atomic E-state index is 12.8. The van der Waals surface area contributed by atoms with Crippen LogP contribution in [0.1, 0.15) is 65.3 Å². The predicted molar refractivity (Wildman–Crippen MR) is 105 cm³/mol. The van der Waals surface area contributed by atoms with Crippen molar-refractivity contribution in [3.63, 3.8) is 0 Å². The molecule has 1 aliphatic carbocycles. The van der Waals surface area contributed by atoms with E-state index >= 15 is 0 Å². The first-order chi connectivity index (χ1) is 12.5. The summed E-state index contributed by atoms with van der Waals surface area (Å²) in [6.07, 6.45) is 8.03. The monoisotopic (exact) mass is 352 g/mol. The molecule has 5 nitrogen and oxygen atoms in total. The normalized spacial score (nSPS) is 17.4. The SMILES string of the molecule is Cc1cc(NC(=O)c2cc(C3CC3)n(C)c2C)cnc1N1CCCCC1. The van der Waals surface area contributed by atoms with Gasteiger partial charge < -0.3 is 14.8 Å². The minimum absolute atomic E-state index is 0.0445. The van der Waals surface area contributed by atoms with Crippen LogP contribution in [0.3, 0.4) is 0 Å². The number of hydrogen-bond acceptors (Lipinski definition) is 3. The maximum Gasteiger partial charge on any atom is 0.257 e. The Hall–Kier alpha value is -2.30. The van der Waals surface area contributed by atoms with E-state index in [2.05, 4.69) is 39.8 Å². The van der Waals surface area contributed by atoms with Gasteiger partial charge in [0, 0.05) is 31.5 Å². The Labute approximate surface area is 155 Å². The molecular formula is C21H28N4O. The number of amides is 1. The number of carbonyl (C=O) groups excluding carboxylic acids is 1. The molecule has 2 aliphatic rings. The number of pyridine rings is 1. The van der Waals surface area contributed by atoms with Crippen LogP contribution in [0.15, 0.2) is 18.3 Å². The van der Waals surface area contributed by atoms with Crippen LogP contribution in [0.5, 0.6) is 0 Å². The smallest absolute Gasteiger partial charge is 0.257 e. The molecule has 4 rings (SSSR count). The van der Waals surface area contributed by atoms with Crippen LogP contribution in [-0.2, 0) is 7.05 Å². The van der Waals surface area contributed by atoms with Crippen molar-refractivity contribution in [2.45, 2.75) is 51.9 Å². The van der Waals surface area contributed by atoms with Crippen molar-refractivity contribution < 1.29 is 4.79 Å². The van der Waals surface area contributed by atoms with Gasteiger partial charge in [0.25, 0.3) is 5.91 Å². The molecule has 3 heterocycles. The zero-order valence-electron chi connectivity index (χ0n) is 16.0. The quantitative estimate of drug-likeness (QED) is 0.899. The highest BCUT2D eigenvalue weighted by Gasteiger charge is 2.29. The third-order valence-electron chi connectivity index (χ3n) is 5.78. The minimum Gasteiger partial charge on any atom is -0.356 e. The van der Waals surface area contributed by atoms with E-state index in [0.29, 0.717) is 5.92 Å². The molecule has 2 aromatic rings. The second-order valence-electron chi connectivity index (χ2n) is 7.77. The number of rotatable bonds is 4. The number of carbonyl (C=O) groups is 1. The first-order valence-corrected chi connectivity index (χ1v) is 9.73. The summed E-state index contributed by atoms with van der Waals surface area (Å²) in [7, 11) is 2.05. The van der Waals surface area contributed by atoms with Gasteiger partial charge >= 0.3 is 0 Å². The van der Waals surface area contributed by atoms with Gasteiger partial charge in [-0.1, -0.05) is 0 Å². The third kappa shape index (κ3) is 3.22. The Morgan fingerprint density at radius 3 is 2.54 bits per heavy atom. The average molecular weight is 352 g/mol. The Morgan fingerprint density at radius 2 is 1.88 bits per heavy atom. The highest BCUT2D eigenvalue weighted by Crippen LogP contribution is 2.41. The number of anilines is 2. The zero-order chi connectivity index (χ0) is 18.3. The molecule has 138 valence electrons. The lowest BCUT2D eigenvalue weighted by Gasteiger charge is -2.29. The van der Waals surface area contributed by atoms with E-state index in [4.69, 9.17) is 0 Å². The van der Waals surface area contributed by atoms with E-state index < -0.39 is 0 Å². The molecule has 0 spiro atoms. The van der Waals surface area contributed by atoms with Crippen LogP contribution < -0.4 is 10.2 Å². The molecule has 26 heavy (non-hydrogen) atoms. The molecule has 0 radical (unpaired) electrons. The molecule has 0 bridgehead atoms. The largest absolute Gasteiger partial charge is 0.356 e. The number of aromatic nitrogens is 2. The topological polar surface area (TPSA) is 50.2 Å². The van der Waals surface area contributed by atoms with Crippen LogP contribution in [0.25, 0.3) is 0 Å². The van der Waals surface area contributed by atoms with Crippen molar-refractivity contribution in [3.05, 3.63) is 40.8 Å². The summed E-state index contributed by atoms with van der Waals surface area (Å²) in [6, 6.07) is 4.10. The van der Waals surface area contributed by atoms with Gasteiger partial charge in [0.15, 0.2) is 0 Å². The van der Waals surface area contributed by atoms with Gasteiger partial charge in [-0.3, -0.25) is 4.79 Å². The van der Waals surface area contributed by atoms with Gasteiger partial charge in [0.05, 0.1) is 17.4 Å². The van der Waals surface area contributed by atoms with Crippen molar-refractivity contribution in [2.24, 2.45) is 7.05 Å². The molecule has 1 saturated carbocycles. The van der Waals surface area contributed by atoms with Gasteiger partial charge in [0.2, 0.25) is 0 Å². The number of nitrogens with zero attached hydrogens (tertiary/aromatic N) is 3. The van der Waals surface area contributed by atoms with E-state index in [-0.39, 0.29) is 5.91 Å². The molecule has 2 aromatic heterocycles. The van der Waals surface area contributed by atoms with Gasteiger partial charge in [-0.15, -0.1) is 0 Å². The summed E-state index contributed by atoms with van der Waals surface area (Å²) in [5.41, 5.74) is 4.96. The summed E-state index contributed by atoms with van der Waals surface area (Å²) in [6.45, 7) is 6.24. The molecule has 1 aliphatic heterocycles. The first kappa shape index (κ1) is 17.1. The third-order valence-corrected chi connectivity index (χ3v) is 5.78. The lowest BCUT2D eigenvalue weighted by Crippen LogP contribution is -2.30. The second-order valence-corrected chi connectivity index (χ2v) is 7.77. The standard InChI is InChI=1S/C21H28N4O/c1-14-11-17(13-22-20(14)25-9-5-4-6-10-25)23-21(26)18-12-19(16-7-8-16)24(3)15(18)2/h11-13,16H,4-10H2,1-3H3,(H,23,26). The van der Waals surface area contributed by atoms with Crippen molar-refractivity contribution in [2.75, 3.05) is 23.3 Å². The summed E-state index contributed by atoms with van der Waals surface area (Å²) >= 11 is 0. The molecule has 5 heteroatoms. The molecular weight excluding hydrogens is 324 g/mol. The highest BCUT2D eigenvalue weighted by atomic mass is 16.1. The number of hydrogen-bond donors (Lipinski definition) is 1. The van der Waals surface area contributed by atoms with E-state index in [1.807, 2.05) is 13.0 Å². The molecule has 0 unspecified atom stereocenters. The van der Waals surface area contributed by atoms with Gasteiger partial charge in [-0.05, 0) is 69.6 Å². The van der Waals surface area contributed by atoms with Gasteiger partial charge in [-0.25, -0.2) is 4.98 Å². The summed E-state index contributed by atoms with van der Waals surface area (Å²) in [4.78, 5) is 19.8. The summed E-state index contributed by atoms with van der Waals surface area (Å²) in [5, 5.41) is 3.04. The fourth-order valence-corrected chi connectivity index (χ4v) is 4.00. The van der Waals surface area contributed by atoms with Crippen LogP contribution in [0.2, 0.25) is 0 Å². The van der Waals surface area contributed by atoms with Crippen LogP contribution in [0.4, 0.5) is 11.5 Å². The van der Waals surface area contributed by atoms with Gasteiger partial charge in [-0.2, -0.15) is 0 Å². The Morgan fingerprint density at radius 1 is 1.15 bits per heavy atom. The van der Waals surface area contributed by atoms with Crippen LogP contribution in [0, 0.1) is 13.8 Å². The molecule has 0 aromatic carbocycles. The number of piperidine rings is 1. The second kappa shape index (κ2) is 6.78. The number of nitrogens with one attached hydrogen (secondary N) is 1. The van der Waals surface area contributed by atoms with Crippen molar-refractivity contribution in [1.82, 2.24) is 9.55 Å². The molecule has 1 saturated heterocycles. The first-order valence-electron chi connectivity index (χ1n) is 9.73.